The van der Waals surface area contributed by atoms with Crippen molar-refractivity contribution in [3.05, 3.63) is 41.5 Å². The van der Waals surface area contributed by atoms with Crippen molar-refractivity contribution in [3.8, 4) is 5.75 Å². The number of esters is 1. The lowest BCUT2D eigenvalue weighted by Gasteiger charge is -2.15. The van der Waals surface area contributed by atoms with E-state index in [0.717, 1.165) is 19.3 Å². The molecule has 0 heterocycles. The predicted molar refractivity (Wildman–Crippen MR) is 87.2 cm³/mol. The van der Waals surface area contributed by atoms with Gasteiger partial charge in [0.2, 0.25) is 0 Å². The molecular weight excluding hydrogens is 294 g/mol. The minimum atomic E-state index is -0.850. The van der Waals surface area contributed by atoms with Gasteiger partial charge in [0.25, 0.3) is 5.91 Å². The Morgan fingerprint density at radius 2 is 2.00 bits per heavy atom. The Balaban J connectivity index is 1.74. The van der Waals surface area contributed by atoms with E-state index in [-0.39, 0.29) is 11.7 Å². The molecule has 0 saturated heterocycles. The molecule has 1 aromatic carbocycles. The van der Waals surface area contributed by atoms with Crippen molar-refractivity contribution < 1.29 is 19.4 Å². The van der Waals surface area contributed by atoms with Crippen molar-refractivity contribution in [2.75, 3.05) is 6.54 Å². The molecule has 0 aliphatic heterocycles. The summed E-state index contributed by atoms with van der Waals surface area (Å²) in [5, 5.41) is 12.0. The maximum atomic E-state index is 12.0. The zero-order chi connectivity index (χ0) is 16.7. The van der Waals surface area contributed by atoms with E-state index in [0.29, 0.717) is 12.1 Å². The van der Waals surface area contributed by atoms with E-state index in [1.165, 1.54) is 42.7 Å². The average Bonchev–Trinajstić information content (AvgIpc) is 2.56. The van der Waals surface area contributed by atoms with Gasteiger partial charge in [-0.2, -0.15) is 0 Å². The summed E-state index contributed by atoms with van der Waals surface area (Å²) in [6.07, 6.45) is 6.97. The Morgan fingerprint density at radius 3 is 2.65 bits per heavy atom. The van der Waals surface area contributed by atoms with Crippen LogP contribution in [0.5, 0.6) is 5.75 Å². The number of aromatic hydroxyl groups is 1. The van der Waals surface area contributed by atoms with Crippen molar-refractivity contribution >= 4 is 11.9 Å². The molecule has 1 aliphatic rings. The number of carbonyl (C=O) groups excluding carboxylic acids is 2. The van der Waals surface area contributed by atoms with E-state index in [1.807, 2.05) is 0 Å². The molecule has 1 atom stereocenters. The highest BCUT2D eigenvalue weighted by atomic mass is 16.5. The molecule has 23 heavy (non-hydrogen) atoms. The molecule has 0 fully saturated rings. The number of phenols is 1. The van der Waals surface area contributed by atoms with E-state index >= 15 is 0 Å². The van der Waals surface area contributed by atoms with E-state index in [2.05, 4.69) is 11.4 Å². The van der Waals surface area contributed by atoms with Gasteiger partial charge in [0.05, 0.1) is 5.56 Å². The molecule has 0 saturated carbocycles. The molecule has 2 rings (SSSR count). The van der Waals surface area contributed by atoms with Crippen LogP contribution in [0.3, 0.4) is 0 Å². The first-order chi connectivity index (χ1) is 11.1. The second kappa shape index (κ2) is 8.36. The van der Waals surface area contributed by atoms with E-state index in [1.54, 1.807) is 6.92 Å². The monoisotopic (exact) mass is 317 g/mol. The predicted octanol–water partition coefficient (Wildman–Crippen LogP) is 2.94. The Hall–Kier alpha value is -2.30. The van der Waals surface area contributed by atoms with Crippen molar-refractivity contribution in [3.63, 3.8) is 0 Å². The summed E-state index contributed by atoms with van der Waals surface area (Å²) in [5.74, 6) is -0.805. The molecule has 5 heteroatoms. The summed E-state index contributed by atoms with van der Waals surface area (Å²) >= 11 is 0. The molecule has 0 unspecified atom stereocenters. The maximum absolute atomic E-state index is 12.0. The van der Waals surface area contributed by atoms with Gasteiger partial charge < -0.3 is 15.2 Å². The van der Waals surface area contributed by atoms with Gasteiger partial charge in [-0.25, -0.2) is 4.79 Å². The number of ether oxygens (including phenoxy) is 1. The van der Waals surface area contributed by atoms with Crippen LogP contribution in [0.25, 0.3) is 0 Å². The molecule has 5 nitrogen and oxygen atoms in total. The van der Waals surface area contributed by atoms with E-state index < -0.39 is 12.1 Å². The lowest BCUT2D eigenvalue weighted by molar-refractivity contribution is -0.129. The Bertz CT molecular complexity index is 577. The topological polar surface area (TPSA) is 75.6 Å². The molecule has 0 spiro atoms. The summed E-state index contributed by atoms with van der Waals surface area (Å²) in [4.78, 5) is 23.9. The highest BCUT2D eigenvalue weighted by Crippen LogP contribution is 2.19. The van der Waals surface area contributed by atoms with Crippen molar-refractivity contribution in [2.45, 2.75) is 45.1 Å². The summed E-state index contributed by atoms with van der Waals surface area (Å²) in [5.41, 5.74) is 1.69. The number of carbonyl (C=O) groups is 2. The zero-order valence-corrected chi connectivity index (χ0v) is 13.4. The summed E-state index contributed by atoms with van der Waals surface area (Å²) in [7, 11) is 0. The van der Waals surface area contributed by atoms with Crippen LogP contribution in [0.4, 0.5) is 0 Å². The first-order valence-electron chi connectivity index (χ1n) is 8.02. The minimum absolute atomic E-state index is 0.0735. The lowest BCUT2D eigenvalue weighted by Crippen LogP contribution is -2.36. The molecule has 1 amide bonds. The van der Waals surface area contributed by atoms with Gasteiger partial charge in [0.15, 0.2) is 6.10 Å². The Labute approximate surface area is 136 Å². The third kappa shape index (κ3) is 5.43. The summed E-state index contributed by atoms with van der Waals surface area (Å²) in [6, 6.07) is 5.72. The first-order valence-corrected chi connectivity index (χ1v) is 8.02. The Kier molecular flexibility index (Phi) is 6.20. The highest BCUT2D eigenvalue weighted by molar-refractivity contribution is 5.92. The third-order valence-corrected chi connectivity index (χ3v) is 3.89. The summed E-state index contributed by atoms with van der Waals surface area (Å²) in [6.45, 7) is 2.11. The number of rotatable bonds is 6. The SMILES string of the molecule is C[C@@H](OC(=O)c1ccc(O)cc1)C(=O)NCCC1=CCCCC1. The van der Waals surface area contributed by atoms with Gasteiger partial charge in [0.1, 0.15) is 5.75 Å². The maximum Gasteiger partial charge on any atom is 0.338 e. The normalized spacial score (nSPS) is 15.4. The van der Waals surface area contributed by atoms with Crippen LogP contribution in [-0.4, -0.2) is 29.6 Å². The molecule has 0 radical (unpaired) electrons. The molecule has 0 aromatic heterocycles. The highest BCUT2D eigenvalue weighted by Gasteiger charge is 2.18. The van der Waals surface area contributed by atoms with Crippen LogP contribution in [-0.2, 0) is 9.53 Å². The molecule has 0 bridgehead atoms. The smallest absolute Gasteiger partial charge is 0.338 e. The van der Waals surface area contributed by atoms with Crippen LogP contribution in [0, 0.1) is 0 Å². The first kappa shape index (κ1) is 17.1. The molecule has 124 valence electrons. The fraction of sp³-hybridized carbons (Fsp3) is 0.444. The second-order valence-corrected chi connectivity index (χ2v) is 5.74. The molecule has 1 aliphatic carbocycles. The number of phenolic OH excluding ortho intramolecular Hbond substituents is 1. The van der Waals surface area contributed by atoms with E-state index in [9.17, 15) is 14.7 Å². The zero-order valence-electron chi connectivity index (χ0n) is 13.4. The standard InChI is InChI=1S/C18H23NO4/c1-13(23-18(22)15-7-9-16(20)10-8-15)17(21)19-12-11-14-5-3-2-4-6-14/h5,7-10,13,20H,2-4,6,11-12H2,1H3,(H,19,21)/t13-/m1/s1. The quantitative estimate of drug-likeness (QED) is 0.625. The Morgan fingerprint density at radius 1 is 1.26 bits per heavy atom. The molecule has 1 aromatic rings. The minimum Gasteiger partial charge on any atom is -0.508 e. The largest absolute Gasteiger partial charge is 0.508 e. The van der Waals surface area contributed by atoms with E-state index in [4.69, 9.17) is 4.74 Å². The van der Waals surface area contributed by atoms with Gasteiger partial charge >= 0.3 is 5.97 Å². The fourth-order valence-corrected chi connectivity index (χ4v) is 2.50. The van der Waals surface area contributed by atoms with Crippen molar-refractivity contribution in [1.82, 2.24) is 5.32 Å². The van der Waals surface area contributed by atoms with Crippen LogP contribution in [0.2, 0.25) is 0 Å². The average molecular weight is 317 g/mol. The third-order valence-electron chi connectivity index (χ3n) is 3.89. The lowest BCUT2D eigenvalue weighted by atomic mass is 9.97. The summed E-state index contributed by atoms with van der Waals surface area (Å²) < 4.78 is 5.13. The van der Waals surface area contributed by atoms with Gasteiger partial charge in [-0.05, 0) is 63.3 Å². The number of hydrogen-bond donors (Lipinski definition) is 2. The number of amides is 1. The van der Waals surface area contributed by atoms with Crippen LogP contribution in [0.1, 0.15) is 49.4 Å². The van der Waals surface area contributed by atoms with Gasteiger partial charge in [-0.3, -0.25) is 4.79 Å². The molecular formula is C18H23NO4. The van der Waals surface area contributed by atoms with Crippen molar-refractivity contribution in [1.29, 1.82) is 0 Å². The second-order valence-electron chi connectivity index (χ2n) is 5.74. The number of nitrogens with one attached hydrogen (secondary N) is 1. The number of hydrogen-bond acceptors (Lipinski definition) is 4. The van der Waals surface area contributed by atoms with Gasteiger partial charge in [-0.15, -0.1) is 0 Å². The van der Waals surface area contributed by atoms with Crippen LogP contribution in [0.15, 0.2) is 35.9 Å². The van der Waals surface area contributed by atoms with Crippen LogP contribution >= 0.6 is 0 Å². The number of benzene rings is 1. The number of allylic oxidation sites excluding steroid dienone is 1. The van der Waals surface area contributed by atoms with Crippen LogP contribution < -0.4 is 5.32 Å². The van der Waals surface area contributed by atoms with Crippen molar-refractivity contribution in [2.24, 2.45) is 0 Å². The van der Waals surface area contributed by atoms with Gasteiger partial charge in [0, 0.05) is 6.54 Å². The fourth-order valence-electron chi connectivity index (χ4n) is 2.50. The molecule has 2 N–H and O–H groups in total. The van der Waals surface area contributed by atoms with Gasteiger partial charge in [-0.1, -0.05) is 11.6 Å².